The molecule has 1 saturated heterocycles. The van der Waals surface area contributed by atoms with Gasteiger partial charge in [0.15, 0.2) is 0 Å². The number of rotatable bonds is 4. The van der Waals surface area contributed by atoms with Gasteiger partial charge in [-0.15, -0.1) is 12.4 Å². The number of nitrogens with one attached hydrogen (secondary N) is 1. The fourth-order valence-corrected chi connectivity index (χ4v) is 3.86. The third-order valence-corrected chi connectivity index (χ3v) is 5.30. The third-order valence-electron chi connectivity index (χ3n) is 3.45. The molecule has 0 unspecified atom stereocenters. The summed E-state index contributed by atoms with van der Waals surface area (Å²) in [6.07, 6.45) is 1.79. The van der Waals surface area contributed by atoms with Gasteiger partial charge in [-0.1, -0.05) is 30.3 Å². The molecular formula is C13H21ClN2O2S. The fraction of sp³-hybridized carbons (Fsp3) is 0.538. The van der Waals surface area contributed by atoms with E-state index < -0.39 is 10.0 Å². The van der Waals surface area contributed by atoms with Crippen molar-refractivity contribution >= 4 is 22.4 Å². The zero-order chi connectivity index (χ0) is 13.0. The number of benzene rings is 1. The zero-order valence-electron chi connectivity index (χ0n) is 11.1. The quantitative estimate of drug-likeness (QED) is 0.919. The predicted octanol–water partition coefficient (Wildman–Crippen LogP) is 1.62. The maximum absolute atomic E-state index is 12.3. The molecule has 0 saturated carbocycles. The zero-order valence-corrected chi connectivity index (χ0v) is 12.7. The number of hydrogen-bond donors (Lipinski definition) is 1. The highest BCUT2D eigenvalue weighted by atomic mass is 35.5. The van der Waals surface area contributed by atoms with Gasteiger partial charge < -0.3 is 5.32 Å². The van der Waals surface area contributed by atoms with Crippen LogP contribution in [0.3, 0.4) is 0 Å². The normalized spacial score (nSPS) is 17.9. The number of piperidine rings is 1. The van der Waals surface area contributed by atoms with Crippen molar-refractivity contribution < 1.29 is 8.42 Å². The first-order valence-electron chi connectivity index (χ1n) is 6.31. The summed E-state index contributed by atoms with van der Waals surface area (Å²) in [7, 11) is -1.23. The molecule has 0 amide bonds. The van der Waals surface area contributed by atoms with Gasteiger partial charge in [-0.25, -0.2) is 12.7 Å². The summed E-state index contributed by atoms with van der Waals surface area (Å²) in [5, 5.41) is 3.20. The van der Waals surface area contributed by atoms with Crippen molar-refractivity contribution in [1.29, 1.82) is 0 Å². The van der Waals surface area contributed by atoms with Gasteiger partial charge in [-0.2, -0.15) is 0 Å². The Morgan fingerprint density at radius 1 is 1.21 bits per heavy atom. The van der Waals surface area contributed by atoms with Gasteiger partial charge in [-0.3, -0.25) is 0 Å². The molecule has 0 atom stereocenters. The largest absolute Gasteiger partial charge is 0.317 e. The molecule has 0 aliphatic carbocycles. The van der Waals surface area contributed by atoms with Crippen molar-refractivity contribution in [1.82, 2.24) is 9.62 Å². The van der Waals surface area contributed by atoms with E-state index in [1.165, 1.54) is 0 Å². The molecule has 1 heterocycles. The Balaban J connectivity index is 0.00000180. The minimum atomic E-state index is -3.16. The molecule has 1 aromatic carbocycles. The van der Waals surface area contributed by atoms with E-state index in [0.29, 0.717) is 19.1 Å². The van der Waals surface area contributed by atoms with E-state index in [9.17, 15) is 8.42 Å². The van der Waals surface area contributed by atoms with E-state index in [2.05, 4.69) is 5.32 Å². The highest BCUT2D eigenvalue weighted by molar-refractivity contribution is 7.88. The van der Waals surface area contributed by atoms with Gasteiger partial charge in [0.25, 0.3) is 0 Å². The highest BCUT2D eigenvalue weighted by Gasteiger charge is 2.27. The van der Waals surface area contributed by atoms with Crippen LogP contribution in [0.15, 0.2) is 30.3 Å². The SMILES string of the molecule is CNC1CCN(S(=O)(=O)Cc2ccccc2)CC1.Cl. The second-order valence-electron chi connectivity index (χ2n) is 4.70. The first-order chi connectivity index (χ1) is 8.62. The van der Waals surface area contributed by atoms with Gasteiger partial charge in [0.2, 0.25) is 10.0 Å². The van der Waals surface area contributed by atoms with Crippen molar-refractivity contribution in [2.75, 3.05) is 20.1 Å². The molecule has 1 aromatic rings. The topological polar surface area (TPSA) is 49.4 Å². The predicted molar refractivity (Wildman–Crippen MR) is 80.0 cm³/mol. The average molecular weight is 305 g/mol. The van der Waals surface area contributed by atoms with Crippen molar-refractivity contribution in [3.05, 3.63) is 35.9 Å². The lowest BCUT2D eigenvalue weighted by Crippen LogP contribution is -2.44. The lowest BCUT2D eigenvalue weighted by Gasteiger charge is -2.31. The van der Waals surface area contributed by atoms with Crippen LogP contribution in [0.4, 0.5) is 0 Å². The summed E-state index contributed by atoms with van der Waals surface area (Å²) in [4.78, 5) is 0. The Hall–Kier alpha value is -0.620. The monoisotopic (exact) mass is 304 g/mol. The molecule has 2 rings (SSSR count). The van der Waals surface area contributed by atoms with Crippen LogP contribution in [0.25, 0.3) is 0 Å². The number of halogens is 1. The molecule has 1 N–H and O–H groups in total. The van der Waals surface area contributed by atoms with Crippen LogP contribution in [-0.4, -0.2) is 38.9 Å². The number of sulfonamides is 1. The van der Waals surface area contributed by atoms with Crippen LogP contribution in [0, 0.1) is 0 Å². The van der Waals surface area contributed by atoms with Crippen molar-refractivity contribution in [3.63, 3.8) is 0 Å². The van der Waals surface area contributed by atoms with Crippen LogP contribution in [0.5, 0.6) is 0 Å². The molecule has 19 heavy (non-hydrogen) atoms. The molecule has 1 aliphatic rings. The molecule has 0 bridgehead atoms. The third kappa shape index (κ3) is 4.45. The van der Waals surface area contributed by atoms with Crippen LogP contribution < -0.4 is 5.32 Å². The Morgan fingerprint density at radius 3 is 2.32 bits per heavy atom. The number of hydrogen-bond acceptors (Lipinski definition) is 3. The molecule has 1 fully saturated rings. The molecule has 0 radical (unpaired) electrons. The van der Waals surface area contributed by atoms with Gasteiger partial charge in [-0.05, 0) is 25.5 Å². The minimum Gasteiger partial charge on any atom is -0.317 e. The molecule has 6 heteroatoms. The highest BCUT2D eigenvalue weighted by Crippen LogP contribution is 2.17. The Kier molecular flexibility index (Phi) is 6.26. The average Bonchev–Trinajstić information content (AvgIpc) is 2.39. The first kappa shape index (κ1) is 16.4. The van der Waals surface area contributed by atoms with E-state index in [1.807, 2.05) is 37.4 Å². The van der Waals surface area contributed by atoms with E-state index in [1.54, 1.807) is 4.31 Å². The second kappa shape index (κ2) is 7.24. The summed E-state index contributed by atoms with van der Waals surface area (Å²) in [5.41, 5.74) is 0.855. The second-order valence-corrected chi connectivity index (χ2v) is 6.67. The van der Waals surface area contributed by atoms with E-state index >= 15 is 0 Å². The Labute approximate surface area is 121 Å². The molecule has 0 spiro atoms. The van der Waals surface area contributed by atoms with E-state index in [-0.39, 0.29) is 18.2 Å². The Morgan fingerprint density at radius 2 is 1.79 bits per heavy atom. The van der Waals surface area contributed by atoms with Crippen LogP contribution in [0.2, 0.25) is 0 Å². The smallest absolute Gasteiger partial charge is 0.218 e. The molecule has 4 nitrogen and oxygen atoms in total. The van der Waals surface area contributed by atoms with Crippen LogP contribution >= 0.6 is 12.4 Å². The van der Waals surface area contributed by atoms with E-state index in [4.69, 9.17) is 0 Å². The van der Waals surface area contributed by atoms with Gasteiger partial charge in [0.05, 0.1) is 5.75 Å². The lowest BCUT2D eigenvalue weighted by molar-refractivity contribution is 0.298. The van der Waals surface area contributed by atoms with Crippen LogP contribution in [0.1, 0.15) is 18.4 Å². The summed E-state index contributed by atoms with van der Waals surface area (Å²) < 4.78 is 26.1. The minimum absolute atomic E-state index is 0. The molecule has 1 aliphatic heterocycles. The molecular weight excluding hydrogens is 284 g/mol. The molecule has 0 aromatic heterocycles. The van der Waals surface area contributed by atoms with Crippen molar-refractivity contribution in [2.24, 2.45) is 0 Å². The van der Waals surface area contributed by atoms with Crippen molar-refractivity contribution in [2.45, 2.75) is 24.6 Å². The maximum atomic E-state index is 12.3. The van der Waals surface area contributed by atoms with Gasteiger partial charge in [0, 0.05) is 19.1 Å². The summed E-state index contributed by atoms with van der Waals surface area (Å²) in [6.45, 7) is 1.25. The maximum Gasteiger partial charge on any atom is 0.218 e. The van der Waals surface area contributed by atoms with Crippen molar-refractivity contribution in [3.8, 4) is 0 Å². The van der Waals surface area contributed by atoms with Crippen LogP contribution in [-0.2, 0) is 15.8 Å². The first-order valence-corrected chi connectivity index (χ1v) is 7.92. The summed E-state index contributed by atoms with van der Waals surface area (Å²) in [5.74, 6) is 0.109. The standard InChI is InChI=1S/C13H20N2O2S.ClH/c1-14-13-7-9-15(10-8-13)18(16,17)11-12-5-3-2-4-6-12;/h2-6,13-14H,7-11H2,1H3;1H. The summed E-state index contributed by atoms with van der Waals surface area (Å²) >= 11 is 0. The Bertz CT molecular complexity index is 471. The number of nitrogens with zero attached hydrogens (tertiary/aromatic N) is 1. The summed E-state index contributed by atoms with van der Waals surface area (Å²) in [6, 6.07) is 9.81. The van der Waals surface area contributed by atoms with Gasteiger partial charge in [0.1, 0.15) is 0 Å². The lowest BCUT2D eigenvalue weighted by atomic mass is 10.1. The van der Waals surface area contributed by atoms with E-state index in [0.717, 1.165) is 18.4 Å². The van der Waals surface area contributed by atoms with Gasteiger partial charge >= 0.3 is 0 Å². The molecule has 108 valence electrons. The fourth-order valence-electron chi connectivity index (χ4n) is 2.30.